The van der Waals surface area contributed by atoms with Crippen LogP contribution in [0.4, 0.5) is 5.69 Å². The molecule has 0 atom stereocenters. The quantitative estimate of drug-likeness (QED) is 0.514. The number of benzene rings is 3. The zero-order valence-electron chi connectivity index (χ0n) is 17.1. The van der Waals surface area contributed by atoms with E-state index in [4.69, 9.17) is 23.2 Å². The Morgan fingerprint density at radius 2 is 1.61 bits per heavy atom. The first-order chi connectivity index (χ1) is 14.7. The molecule has 0 heterocycles. The van der Waals surface area contributed by atoms with Crippen LogP contribution in [-0.2, 0) is 21.4 Å². The molecular weight excluding hydrogens is 455 g/mol. The van der Waals surface area contributed by atoms with Crippen LogP contribution in [0, 0.1) is 13.8 Å². The Balaban J connectivity index is 1.90. The largest absolute Gasteiger partial charge is 0.350 e. The first-order valence-corrected chi connectivity index (χ1v) is 11.7. The molecule has 0 saturated heterocycles. The van der Waals surface area contributed by atoms with Crippen molar-refractivity contribution in [3.05, 3.63) is 93.5 Å². The van der Waals surface area contributed by atoms with Gasteiger partial charge in [0.2, 0.25) is 5.91 Å². The van der Waals surface area contributed by atoms with Gasteiger partial charge >= 0.3 is 0 Å². The molecule has 162 valence electrons. The van der Waals surface area contributed by atoms with Crippen LogP contribution in [0.25, 0.3) is 0 Å². The molecule has 0 saturated carbocycles. The zero-order chi connectivity index (χ0) is 22.6. The molecule has 1 N–H and O–H groups in total. The summed E-state index contributed by atoms with van der Waals surface area (Å²) in [6.07, 6.45) is 0. The van der Waals surface area contributed by atoms with E-state index in [0.29, 0.717) is 15.7 Å². The van der Waals surface area contributed by atoms with Gasteiger partial charge in [0, 0.05) is 16.6 Å². The average Bonchev–Trinajstić information content (AvgIpc) is 2.74. The molecule has 0 aliphatic carbocycles. The molecule has 0 aliphatic rings. The van der Waals surface area contributed by atoms with Gasteiger partial charge < -0.3 is 5.32 Å². The highest BCUT2D eigenvalue weighted by Gasteiger charge is 2.27. The average molecular weight is 477 g/mol. The predicted octanol–water partition coefficient (Wildman–Crippen LogP) is 5.12. The number of aryl methyl sites for hydroxylation is 2. The van der Waals surface area contributed by atoms with Gasteiger partial charge in [0.1, 0.15) is 6.54 Å². The van der Waals surface area contributed by atoms with E-state index in [9.17, 15) is 13.2 Å². The lowest BCUT2D eigenvalue weighted by molar-refractivity contribution is -0.119. The third-order valence-electron chi connectivity index (χ3n) is 4.77. The number of rotatable bonds is 7. The van der Waals surface area contributed by atoms with Crippen molar-refractivity contribution in [2.75, 3.05) is 10.8 Å². The number of carbonyl (C=O) groups excluding carboxylic acids is 1. The maximum absolute atomic E-state index is 13.4. The van der Waals surface area contributed by atoms with Crippen molar-refractivity contribution in [3.63, 3.8) is 0 Å². The van der Waals surface area contributed by atoms with E-state index < -0.39 is 22.5 Å². The van der Waals surface area contributed by atoms with Gasteiger partial charge in [0.15, 0.2) is 0 Å². The monoisotopic (exact) mass is 476 g/mol. The summed E-state index contributed by atoms with van der Waals surface area (Å²) in [4.78, 5) is 12.8. The van der Waals surface area contributed by atoms with E-state index in [1.165, 1.54) is 12.1 Å². The summed E-state index contributed by atoms with van der Waals surface area (Å²) < 4.78 is 27.8. The Morgan fingerprint density at radius 3 is 2.26 bits per heavy atom. The number of sulfonamides is 1. The summed E-state index contributed by atoms with van der Waals surface area (Å²) in [5, 5.41) is 3.68. The fourth-order valence-corrected chi connectivity index (χ4v) is 4.70. The number of hydrogen-bond donors (Lipinski definition) is 1. The van der Waals surface area contributed by atoms with E-state index in [1.807, 2.05) is 19.9 Å². The smallest absolute Gasteiger partial charge is 0.264 e. The van der Waals surface area contributed by atoms with E-state index in [1.54, 1.807) is 48.5 Å². The SMILES string of the molecule is Cc1ccc(S(=O)(=O)N(CC(=O)NCc2ccccc2Cl)c2ccc(C)c(Cl)c2)cc1. The molecule has 3 aromatic rings. The van der Waals surface area contributed by atoms with Crippen molar-refractivity contribution in [2.45, 2.75) is 25.3 Å². The second-order valence-corrected chi connectivity index (χ2v) is 9.80. The van der Waals surface area contributed by atoms with Gasteiger partial charge in [0.05, 0.1) is 10.6 Å². The number of anilines is 1. The number of hydrogen-bond acceptors (Lipinski definition) is 3. The van der Waals surface area contributed by atoms with Gasteiger partial charge in [-0.2, -0.15) is 0 Å². The fraction of sp³-hybridized carbons (Fsp3) is 0.174. The van der Waals surface area contributed by atoms with Crippen molar-refractivity contribution >= 4 is 44.8 Å². The molecule has 3 aromatic carbocycles. The zero-order valence-corrected chi connectivity index (χ0v) is 19.4. The highest BCUT2D eigenvalue weighted by atomic mass is 35.5. The highest BCUT2D eigenvalue weighted by molar-refractivity contribution is 7.92. The first-order valence-electron chi connectivity index (χ1n) is 9.54. The molecule has 1 amide bonds. The van der Waals surface area contributed by atoms with E-state index in [0.717, 1.165) is 21.0 Å². The topological polar surface area (TPSA) is 66.5 Å². The molecular formula is C23H22Cl2N2O3S. The molecule has 0 fully saturated rings. The van der Waals surface area contributed by atoms with Crippen molar-refractivity contribution in [3.8, 4) is 0 Å². The Hall–Kier alpha value is -2.54. The fourth-order valence-electron chi connectivity index (χ4n) is 2.91. The normalized spacial score (nSPS) is 11.2. The number of halogens is 2. The Bertz CT molecular complexity index is 1200. The lowest BCUT2D eigenvalue weighted by Crippen LogP contribution is -2.40. The number of nitrogens with zero attached hydrogens (tertiary/aromatic N) is 1. The molecule has 0 bridgehead atoms. The summed E-state index contributed by atoms with van der Waals surface area (Å²) in [5.41, 5.74) is 2.79. The summed E-state index contributed by atoms with van der Waals surface area (Å²) in [6, 6.07) is 18.5. The van der Waals surface area contributed by atoms with Crippen molar-refractivity contribution in [1.29, 1.82) is 0 Å². The predicted molar refractivity (Wildman–Crippen MR) is 125 cm³/mol. The van der Waals surface area contributed by atoms with Crippen molar-refractivity contribution in [1.82, 2.24) is 5.32 Å². The number of amides is 1. The molecule has 0 spiro atoms. The van der Waals surface area contributed by atoms with Crippen LogP contribution in [0.15, 0.2) is 71.6 Å². The van der Waals surface area contributed by atoms with Gasteiger partial charge in [0.25, 0.3) is 10.0 Å². The number of nitrogens with one attached hydrogen (secondary N) is 1. The van der Waals surface area contributed by atoms with Crippen LogP contribution < -0.4 is 9.62 Å². The third kappa shape index (κ3) is 5.58. The van der Waals surface area contributed by atoms with Gasteiger partial charge in [-0.25, -0.2) is 8.42 Å². The second kappa shape index (κ2) is 9.73. The second-order valence-electron chi connectivity index (χ2n) is 7.13. The molecule has 0 radical (unpaired) electrons. The molecule has 0 aliphatic heterocycles. The summed E-state index contributed by atoms with van der Waals surface area (Å²) in [7, 11) is -4.00. The highest BCUT2D eigenvalue weighted by Crippen LogP contribution is 2.28. The summed E-state index contributed by atoms with van der Waals surface area (Å²) >= 11 is 12.4. The Morgan fingerprint density at radius 1 is 0.935 bits per heavy atom. The van der Waals surface area contributed by atoms with Crippen LogP contribution >= 0.6 is 23.2 Å². The molecule has 0 unspecified atom stereocenters. The first kappa shape index (κ1) is 23.1. The lowest BCUT2D eigenvalue weighted by atomic mass is 10.2. The van der Waals surface area contributed by atoms with E-state index in [-0.39, 0.29) is 11.4 Å². The van der Waals surface area contributed by atoms with E-state index in [2.05, 4.69) is 5.32 Å². The molecule has 3 rings (SSSR count). The molecule has 31 heavy (non-hydrogen) atoms. The Labute approximate surface area is 192 Å². The number of carbonyl (C=O) groups is 1. The van der Waals surface area contributed by atoms with Crippen LogP contribution in [0.5, 0.6) is 0 Å². The Kier molecular flexibility index (Phi) is 7.26. The van der Waals surface area contributed by atoms with Crippen molar-refractivity contribution in [2.24, 2.45) is 0 Å². The molecule has 5 nitrogen and oxygen atoms in total. The minimum absolute atomic E-state index is 0.0914. The maximum atomic E-state index is 13.4. The lowest BCUT2D eigenvalue weighted by Gasteiger charge is -2.24. The maximum Gasteiger partial charge on any atom is 0.264 e. The van der Waals surface area contributed by atoms with Crippen molar-refractivity contribution < 1.29 is 13.2 Å². The standard InChI is InChI=1S/C23H22Cl2N2O3S/c1-16-7-11-20(12-8-16)31(29,30)27(19-10-9-17(2)22(25)13-19)15-23(28)26-14-18-5-3-4-6-21(18)24/h3-13H,14-15H2,1-2H3,(H,26,28). The van der Waals surface area contributed by atoms with Gasteiger partial charge in [-0.3, -0.25) is 9.10 Å². The van der Waals surface area contributed by atoms with Crippen LogP contribution in [0.2, 0.25) is 10.0 Å². The van der Waals surface area contributed by atoms with Gasteiger partial charge in [-0.15, -0.1) is 0 Å². The van der Waals surface area contributed by atoms with Gasteiger partial charge in [-0.05, 0) is 55.3 Å². The molecule has 8 heteroatoms. The van der Waals surface area contributed by atoms with Crippen LogP contribution in [0.1, 0.15) is 16.7 Å². The molecule has 0 aromatic heterocycles. The summed E-state index contributed by atoms with van der Waals surface area (Å²) in [6.45, 7) is 3.48. The third-order valence-corrected chi connectivity index (χ3v) is 7.34. The van der Waals surface area contributed by atoms with E-state index >= 15 is 0 Å². The van der Waals surface area contributed by atoms with Crippen LogP contribution in [0.3, 0.4) is 0 Å². The minimum Gasteiger partial charge on any atom is -0.350 e. The summed E-state index contributed by atoms with van der Waals surface area (Å²) in [5.74, 6) is -0.465. The van der Waals surface area contributed by atoms with Crippen LogP contribution in [-0.4, -0.2) is 20.9 Å². The van der Waals surface area contributed by atoms with Gasteiger partial charge in [-0.1, -0.05) is 65.2 Å². The minimum atomic E-state index is -4.00.